The van der Waals surface area contributed by atoms with Crippen LogP contribution in [0, 0.1) is 5.41 Å². The molecule has 2 amide bonds. The first-order chi connectivity index (χ1) is 13.2. The van der Waals surface area contributed by atoms with Gasteiger partial charge in [0.05, 0.1) is 16.9 Å². The van der Waals surface area contributed by atoms with Gasteiger partial charge in [-0.05, 0) is 62.6 Å². The Kier molecular flexibility index (Phi) is 4.30. The number of hydrogen-bond acceptors (Lipinski definition) is 4. The number of rotatable bonds is 2. The van der Waals surface area contributed by atoms with Crippen molar-refractivity contribution in [3.63, 3.8) is 0 Å². The third-order valence-electron chi connectivity index (χ3n) is 5.29. The minimum Gasteiger partial charge on any atom is -0.308 e. The molecular weight excluding hydrogens is 376 g/mol. The Balaban J connectivity index is 1.63. The summed E-state index contributed by atoms with van der Waals surface area (Å²) >= 11 is 0. The van der Waals surface area contributed by atoms with Gasteiger partial charge in [-0.2, -0.15) is 0 Å². The fraction of sp³-hybridized carbons (Fsp3) is 0.333. The van der Waals surface area contributed by atoms with Gasteiger partial charge < -0.3 is 4.90 Å². The number of benzene rings is 2. The monoisotopic (exact) mass is 398 g/mol. The van der Waals surface area contributed by atoms with E-state index in [1.807, 2.05) is 24.3 Å². The van der Waals surface area contributed by atoms with Gasteiger partial charge in [0.15, 0.2) is 0 Å². The molecule has 0 saturated carbocycles. The van der Waals surface area contributed by atoms with E-state index in [-0.39, 0.29) is 17.3 Å². The molecule has 0 bridgehead atoms. The second kappa shape index (κ2) is 6.44. The number of sulfonamides is 1. The van der Waals surface area contributed by atoms with Gasteiger partial charge in [0.1, 0.15) is 0 Å². The van der Waals surface area contributed by atoms with Gasteiger partial charge in [-0.25, -0.2) is 12.7 Å². The van der Waals surface area contributed by atoms with E-state index in [4.69, 9.17) is 0 Å². The zero-order valence-corrected chi connectivity index (χ0v) is 16.7. The highest BCUT2D eigenvalue weighted by atomic mass is 32.2. The lowest BCUT2D eigenvalue weighted by Crippen LogP contribution is -2.35. The minimum atomic E-state index is -3.70. The molecule has 6 nitrogen and oxygen atoms in total. The summed E-state index contributed by atoms with van der Waals surface area (Å²) in [6.45, 7) is 3.89. The van der Waals surface area contributed by atoms with Crippen molar-refractivity contribution in [2.75, 3.05) is 21.5 Å². The SMILES string of the molecule is CC1(C)CS(=O)(=O)N(c2ccc(C(=O)N3CCCc4ccccc43)cc2)C1=O. The average molecular weight is 398 g/mol. The first-order valence-electron chi connectivity index (χ1n) is 9.28. The van der Waals surface area contributed by atoms with Gasteiger partial charge in [0.2, 0.25) is 15.9 Å². The second-order valence-electron chi connectivity index (χ2n) is 7.95. The third-order valence-corrected chi connectivity index (χ3v) is 7.31. The molecule has 0 atom stereocenters. The number of hydrogen-bond donors (Lipinski definition) is 0. The van der Waals surface area contributed by atoms with Crippen molar-refractivity contribution in [1.82, 2.24) is 0 Å². The molecule has 1 saturated heterocycles. The van der Waals surface area contributed by atoms with Crippen molar-refractivity contribution in [2.24, 2.45) is 5.41 Å². The van der Waals surface area contributed by atoms with Crippen LogP contribution in [-0.2, 0) is 21.2 Å². The van der Waals surface area contributed by atoms with Crippen LogP contribution in [0.15, 0.2) is 48.5 Å². The summed E-state index contributed by atoms with van der Waals surface area (Å²) in [5, 5.41) is 0. The average Bonchev–Trinajstić information content (AvgIpc) is 2.83. The lowest BCUT2D eigenvalue weighted by atomic mass is 9.95. The predicted molar refractivity (Wildman–Crippen MR) is 108 cm³/mol. The number of para-hydroxylation sites is 1. The molecular formula is C21H22N2O4S. The Morgan fingerprint density at radius 1 is 1.04 bits per heavy atom. The van der Waals surface area contributed by atoms with E-state index >= 15 is 0 Å². The van der Waals surface area contributed by atoms with Crippen LogP contribution in [-0.4, -0.2) is 32.5 Å². The number of anilines is 2. The maximum atomic E-state index is 13.0. The molecule has 0 aliphatic carbocycles. The summed E-state index contributed by atoms with van der Waals surface area (Å²) in [5.74, 6) is -0.796. The Hall–Kier alpha value is -2.67. The molecule has 0 radical (unpaired) electrons. The standard InChI is InChI=1S/C21H22N2O4S/c1-21(2)14-28(26,27)23(20(21)25)17-11-9-16(10-12-17)19(24)22-13-5-7-15-6-3-4-8-18(15)22/h3-4,6,8-12H,5,7,13-14H2,1-2H3. The second-order valence-corrected chi connectivity index (χ2v) is 9.76. The van der Waals surface area contributed by atoms with Gasteiger partial charge in [-0.15, -0.1) is 0 Å². The summed E-state index contributed by atoms with van der Waals surface area (Å²) < 4.78 is 25.7. The molecule has 28 heavy (non-hydrogen) atoms. The molecule has 0 N–H and O–H groups in total. The molecule has 2 aliphatic rings. The van der Waals surface area contributed by atoms with E-state index < -0.39 is 21.3 Å². The van der Waals surface area contributed by atoms with Gasteiger partial charge in [0.25, 0.3) is 5.91 Å². The minimum absolute atomic E-state index is 0.130. The van der Waals surface area contributed by atoms with E-state index in [2.05, 4.69) is 0 Å². The van der Waals surface area contributed by atoms with E-state index in [1.54, 1.807) is 30.9 Å². The lowest BCUT2D eigenvalue weighted by molar-refractivity contribution is -0.123. The molecule has 0 unspecified atom stereocenters. The van der Waals surface area contributed by atoms with E-state index in [0.29, 0.717) is 12.1 Å². The first-order valence-corrected chi connectivity index (χ1v) is 10.9. The predicted octanol–water partition coefficient (Wildman–Crippen LogP) is 2.98. The van der Waals surface area contributed by atoms with Gasteiger partial charge in [-0.3, -0.25) is 9.59 Å². The van der Waals surface area contributed by atoms with Crippen molar-refractivity contribution >= 4 is 33.2 Å². The molecule has 0 aromatic heterocycles. The normalized spacial score (nSPS) is 20.1. The molecule has 2 heterocycles. The van der Waals surface area contributed by atoms with Crippen molar-refractivity contribution in [1.29, 1.82) is 0 Å². The summed E-state index contributed by atoms with van der Waals surface area (Å²) in [4.78, 5) is 27.3. The summed E-state index contributed by atoms with van der Waals surface area (Å²) in [5.41, 5.74) is 1.84. The van der Waals surface area contributed by atoms with Crippen LogP contribution in [0.1, 0.15) is 36.2 Å². The summed E-state index contributed by atoms with van der Waals surface area (Å²) in [6, 6.07) is 14.1. The largest absolute Gasteiger partial charge is 0.308 e. The van der Waals surface area contributed by atoms with Crippen LogP contribution >= 0.6 is 0 Å². The third kappa shape index (κ3) is 2.99. The van der Waals surface area contributed by atoms with Crippen LogP contribution in [0.5, 0.6) is 0 Å². The maximum Gasteiger partial charge on any atom is 0.258 e. The van der Waals surface area contributed by atoms with E-state index in [0.717, 1.165) is 28.4 Å². The van der Waals surface area contributed by atoms with Crippen molar-refractivity contribution < 1.29 is 18.0 Å². The van der Waals surface area contributed by atoms with Gasteiger partial charge in [-0.1, -0.05) is 18.2 Å². The molecule has 1 fully saturated rings. The number of amides is 2. The van der Waals surface area contributed by atoms with Crippen LogP contribution in [0.3, 0.4) is 0 Å². The molecule has 7 heteroatoms. The molecule has 2 aliphatic heterocycles. The zero-order valence-electron chi connectivity index (χ0n) is 15.9. The fourth-order valence-electron chi connectivity index (χ4n) is 3.90. The molecule has 146 valence electrons. The topological polar surface area (TPSA) is 74.8 Å². The lowest BCUT2D eigenvalue weighted by Gasteiger charge is -2.29. The highest BCUT2D eigenvalue weighted by Crippen LogP contribution is 2.36. The van der Waals surface area contributed by atoms with Gasteiger partial charge >= 0.3 is 0 Å². The number of nitrogens with zero attached hydrogens (tertiary/aromatic N) is 2. The number of aryl methyl sites for hydroxylation is 1. The summed E-state index contributed by atoms with van der Waals surface area (Å²) in [6.07, 6.45) is 1.85. The van der Waals surface area contributed by atoms with Crippen LogP contribution < -0.4 is 9.21 Å². The Morgan fingerprint density at radius 2 is 1.71 bits per heavy atom. The first kappa shape index (κ1) is 18.7. The number of carbonyl (C=O) groups is 2. The number of fused-ring (bicyclic) bond motifs is 1. The van der Waals surface area contributed by atoms with E-state index in [9.17, 15) is 18.0 Å². The fourth-order valence-corrected chi connectivity index (χ4v) is 6.01. The van der Waals surface area contributed by atoms with Crippen LogP contribution in [0.25, 0.3) is 0 Å². The zero-order chi connectivity index (χ0) is 20.1. The molecule has 2 aromatic rings. The van der Waals surface area contributed by atoms with Crippen LogP contribution in [0.2, 0.25) is 0 Å². The quantitative estimate of drug-likeness (QED) is 0.779. The van der Waals surface area contributed by atoms with Crippen LogP contribution in [0.4, 0.5) is 11.4 Å². The smallest absolute Gasteiger partial charge is 0.258 e. The molecule has 2 aromatic carbocycles. The van der Waals surface area contributed by atoms with Gasteiger partial charge in [0, 0.05) is 17.8 Å². The van der Waals surface area contributed by atoms with Crippen molar-refractivity contribution in [3.05, 3.63) is 59.7 Å². The van der Waals surface area contributed by atoms with Crippen molar-refractivity contribution in [3.8, 4) is 0 Å². The molecule has 4 rings (SSSR count). The highest BCUT2D eigenvalue weighted by Gasteiger charge is 2.49. The number of carbonyl (C=O) groups excluding carboxylic acids is 2. The van der Waals surface area contributed by atoms with E-state index in [1.165, 1.54) is 12.1 Å². The summed E-state index contributed by atoms with van der Waals surface area (Å²) in [7, 11) is -3.70. The maximum absolute atomic E-state index is 13.0. The van der Waals surface area contributed by atoms with Crippen molar-refractivity contribution in [2.45, 2.75) is 26.7 Å². The highest BCUT2D eigenvalue weighted by molar-refractivity contribution is 7.94. The Morgan fingerprint density at radius 3 is 2.36 bits per heavy atom. The Labute approximate surface area is 164 Å². The molecule has 0 spiro atoms. The Bertz CT molecular complexity index is 1060.